The van der Waals surface area contributed by atoms with Gasteiger partial charge in [-0.25, -0.2) is 0 Å². The van der Waals surface area contributed by atoms with E-state index < -0.39 is 0 Å². The Hall–Kier alpha value is -1.80. The fourth-order valence-corrected chi connectivity index (χ4v) is 2.67. The summed E-state index contributed by atoms with van der Waals surface area (Å²) in [4.78, 5) is 0. The minimum absolute atomic E-state index is 0.698. The fraction of sp³-hybridized carbons (Fsp3) is 0.333. The van der Waals surface area contributed by atoms with Crippen LogP contribution in [0.1, 0.15) is 25.3 Å². The zero-order valence-corrected chi connectivity index (χ0v) is 11.9. The van der Waals surface area contributed by atoms with Crippen LogP contribution in [0.15, 0.2) is 54.6 Å². The highest BCUT2D eigenvalue weighted by atomic mass is 16.5. The number of hydrogen-bond donors (Lipinski definition) is 1. The summed E-state index contributed by atoms with van der Waals surface area (Å²) in [5.74, 6) is 2.67. The summed E-state index contributed by atoms with van der Waals surface area (Å²) in [6, 6.07) is 18.9. The molecule has 1 aliphatic rings. The molecule has 3 rings (SSSR count). The Morgan fingerprint density at radius 3 is 2.50 bits per heavy atom. The first-order valence-electron chi connectivity index (χ1n) is 7.35. The quantitative estimate of drug-likeness (QED) is 0.868. The lowest BCUT2D eigenvalue weighted by molar-refractivity contribution is 0.240. The van der Waals surface area contributed by atoms with E-state index in [0.717, 1.165) is 24.0 Å². The van der Waals surface area contributed by atoms with Crippen molar-refractivity contribution in [1.29, 1.82) is 0 Å². The Labute approximate surface area is 120 Å². The minimum Gasteiger partial charge on any atom is -0.457 e. The molecule has 2 nitrogen and oxygen atoms in total. The summed E-state index contributed by atoms with van der Waals surface area (Å²) >= 11 is 0. The molecule has 0 spiro atoms. The second kappa shape index (κ2) is 6.10. The van der Waals surface area contributed by atoms with Gasteiger partial charge >= 0.3 is 0 Å². The third-order valence-electron chi connectivity index (χ3n) is 3.85. The van der Waals surface area contributed by atoms with Crippen LogP contribution in [0, 0.1) is 5.92 Å². The Morgan fingerprint density at radius 1 is 1.00 bits per heavy atom. The lowest BCUT2D eigenvalue weighted by Gasteiger charge is -2.33. The van der Waals surface area contributed by atoms with Crippen LogP contribution in [0.2, 0.25) is 0 Å². The van der Waals surface area contributed by atoms with Gasteiger partial charge in [0.15, 0.2) is 0 Å². The molecule has 0 atom stereocenters. The molecule has 20 heavy (non-hydrogen) atoms. The molecular weight excluding hydrogens is 246 g/mol. The summed E-state index contributed by atoms with van der Waals surface area (Å²) in [6.45, 7) is 3.23. The number of benzene rings is 2. The molecule has 0 saturated heterocycles. The van der Waals surface area contributed by atoms with E-state index in [-0.39, 0.29) is 0 Å². The van der Waals surface area contributed by atoms with Crippen LogP contribution in [0.5, 0.6) is 11.5 Å². The van der Waals surface area contributed by atoms with Gasteiger partial charge in [0.2, 0.25) is 0 Å². The van der Waals surface area contributed by atoms with Crippen LogP contribution >= 0.6 is 0 Å². The van der Waals surface area contributed by atoms with Gasteiger partial charge in [-0.1, -0.05) is 37.3 Å². The van der Waals surface area contributed by atoms with Crippen LogP contribution < -0.4 is 10.1 Å². The molecule has 0 aliphatic heterocycles. The zero-order chi connectivity index (χ0) is 13.8. The van der Waals surface area contributed by atoms with E-state index in [4.69, 9.17) is 4.74 Å². The third kappa shape index (κ3) is 3.40. The molecule has 0 aromatic heterocycles. The molecule has 1 saturated carbocycles. The highest BCUT2D eigenvalue weighted by molar-refractivity contribution is 5.33. The van der Waals surface area contributed by atoms with E-state index in [9.17, 15) is 0 Å². The van der Waals surface area contributed by atoms with Crippen molar-refractivity contribution < 1.29 is 4.74 Å². The molecule has 0 heterocycles. The summed E-state index contributed by atoms with van der Waals surface area (Å²) in [6.07, 6.45) is 2.61. The highest BCUT2D eigenvalue weighted by Crippen LogP contribution is 2.27. The van der Waals surface area contributed by atoms with Crippen molar-refractivity contribution in [3.63, 3.8) is 0 Å². The van der Waals surface area contributed by atoms with Gasteiger partial charge in [0.1, 0.15) is 11.5 Å². The van der Waals surface area contributed by atoms with E-state index in [1.54, 1.807) is 0 Å². The highest BCUT2D eigenvalue weighted by Gasteiger charge is 2.24. The van der Waals surface area contributed by atoms with Gasteiger partial charge in [-0.3, -0.25) is 0 Å². The Morgan fingerprint density at radius 2 is 1.75 bits per heavy atom. The molecule has 0 radical (unpaired) electrons. The maximum Gasteiger partial charge on any atom is 0.127 e. The van der Waals surface area contributed by atoms with Gasteiger partial charge in [-0.05, 0) is 48.6 Å². The standard InChI is InChI=1S/C18H21NO/c1-14-10-16(11-14)19-13-15-6-5-9-18(12-15)20-17-7-3-2-4-8-17/h2-9,12,14,16,19H,10-11,13H2,1H3. The number of para-hydroxylation sites is 1. The van der Waals surface area contributed by atoms with Gasteiger partial charge in [0.05, 0.1) is 0 Å². The molecule has 0 unspecified atom stereocenters. The van der Waals surface area contributed by atoms with Gasteiger partial charge in [-0.2, -0.15) is 0 Å². The normalized spacial score (nSPS) is 21.2. The van der Waals surface area contributed by atoms with Crippen molar-refractivity contribution in [2.75, 3.05) is 0 Å². The number of hydrogen-bond acceptors (Lipinski definition) is 2. The smallest absolute Gasteiger partial charge is 0.127 e. The summed E-state index contributed by atoms with van der Waals surface area (Å²) in [5, 5.41) is 3.60. The summed E-state index contributed by atoms with van der Waals surface area (Å²) in [5.41, 5.74) is 1.28. The van der Waals surface area contributed by atoms with E-state index in [2.05, 4.69) is 30.4 Å². The lowest BCUT2D eigenvalue weighted by atomic mass is 9.82. The van der Waals surface area contributed by atoms with Gasteiger partial charge in [0.25, 0.3) is 0 Å². The predicted molar refractivity (Wildman–Crippen MR) is 82.0 cm³/mol. The van der Waals surface area contributed by atoms with E-state index in [0.29, 0.717) is 6.04 Å². The van der Waals surface area contributed by atoms with Crippen molar-refractivity contribution in [2.45, 2.75) is 32.4 Å². The lowest BCUT2D eigenvalue weighted by Crippen LogP contribution is -2.39. The van der Waals surface area contributed by atoms with Crippen molar-refractivity contribution in [3.8, 4) is 11.5 Å². The monoisotopic (exact) mass is 267 g/mol. The molecule has 2 heteroatoms. The minimum atomic E-state index is 0.698. The van der Waals surface area contributed by atoms with Crippen LogP contribution in [-0.4, -0.2) is 6.04 Å². The number of rotatable bonds is 5. The van der Waals surface area contributed by atoms with Crippen molar-refractivity contribution >= 4 is 0 Å². The van der Waals surface area contributed by atoms with Gasteiger partial charge in [-0.15, -0.1) is 0 Å². The van der Waals surface area contributed by atoms with Gasteiger partial charge in [0, 0.05) is 12.6 Å². The van der Waals surface area contributed by atoms with Gasteiger partial charge < -0.3 is 10.1 Å². The Balaban J connectivity index is 1.58. The molecule has 1 fully saturated rings. The molecule has 1 N–H and O–H groups in total. The number of nitrogens with one attached hydrogen (secondary N) is 1. The van der Waals surface area contributed by atoms with Crippen LogP contribution in [-0.2, 0) is 6.54 Å². The largest absolute Gasteiger partial charge is 0.457 e. The maximum atomic E-state index is 5.86. The van der Waals surface area contributed by atoms with E-state index >= 15 is 0 Å². The molecule has 2 aromatic carbocycles. The van der Waals surface area contributed by atoms with Crippen LogP contribution in [0.3, 0.4) is 0 Å². The SMILES string of the molecule is CC1CC(NCc2cccc(Oc3ccccc3)c2)C1. The fourth-order valence-electron chi connectivity index (χ4n) is 2.67. The van der Waals surface area contributed by atoms with Crippen LogP contribution in [0.25, 0.3) is 0 Å². The van der Waals surface area contributed by atoms with E-state index in [1.807, 2.05) is 36.4 Å². The first kappa shape index (κ1) is 13.2. The summed E-state index contributed by atoms with van der Waals surface area (Å²) < 4.78 is 5.86. The average Bonchev–Trinajstić information content (AvgIpc) is 2.44. The molecule has 104 valence electrons. The first-order valence-corrected chi connectivity index (χ1v) is 7.35. The maximum absolute atomic E-state index is 5.86. The van der Waals surface area contributed by atoms with E-state index in [1.165, 1.54) is 18.4 Å². The third-order valence-corrected chi connectivity index (χ3v) is 3.85. The number of ether oxygens (including phenoxy) is 1. The molecular formula is C18H21NO. The summed E-state index contributed by atoms with van der Waals surface area (Å²) in [7, 11) is 0. The Kier molecular flexibility index (Phi) is 4.03. The first-order chi connectivity index (χ1) is 9.79. The van der Waals surface area contributed by atoms with Crippen molar-refractivity contribution in [2.24, 2.45) is 5.92 Å². The average molecular weight is 267 g/mol. The Bertz CT molecular complexity index is 546. The topological polar surface area (TPSA) is 21.3 Å². The zero-order valence-electron chi connectivity index (χ0n) is 11.9. The second-order valence-electron chi connectivity index (χ2n) is 5.72. The van der Waals surface area contributed by atoms with Crippen molar-refractivity contribution in [3.05, 3.63) is 60.2 Å². The van der Waals surface area contributed by atoms with Crippen LogP contribution in [0.4, 0.5) is 0 Å². The second-order valence-corrected chi connectivity index (χ2v) is 5.72. The molecule has 1 aliphatic carbocycles. The molecule has 2 aromatic rings. The van der Waals surface area contributed by atoms with Crippen molar-refractivity contribution in [1.82, 2.24) is 5.32 Å². The predicted octanol–water partition coefficient (Wildman–Crippen LogP) is 4.37. The molecule has 0 amide bonds. The molecule has 0 bridgehead atoms.